The summed E-state index contributed by atoms with van der Waals surface area (Å²) in [5.41, 5.74) is 7.91. The lowest BCUT2D eigenvalue weighted by atomic mass is 9.75. The Labute approximate surface area is 128 Å². The van der Waals surface area contributed by atoms with Crippen LogP contribution in [0.1, 0.15) is 33.6 Å². The maximum absolute atomic E-state index is 11.6. The molecule has 0 spiro atoms. The van der Waals surface area contributed by atoms with Crippen LogP contribution in [0, 0.1) is 11.3 Å². The van der Waals surface area contributed by atoms with E-state index in [2.05, 4.69) is 25.7 Å². The predicted molar refractivity (Wildman–Crippen MR) is 88.4 cm³/mol. The molecule has 2 N–H and O–H groups in total. The molecule has 118 valence electrons. The van der Waals surface area contributed by atoms with Crippen molar-refractivity contribution in [2.75, 3.05) is 30.0 Å². The first-order valence-corrected chi connectivity index (χ1v) is 9.33. The molecule has 1 heterocycles. The van der Waals surface area contributed by atoms with Gasteiger partial charge in [0.1, 0.15) is 0 Å². The molecule has 21 heavy (non-hydrogen) atoms. The molecule has 1 aliphatic heterocycles. The van der Waals surface area contributed by atoms with Crippen LogP contribution in [0.25, 0.3) is 0 Å². The summed E-state index contributed by atoms with van der Waals surface area (Å²) in [6.07, 6.45) is 3.50. The molecule has 5 heteroatoms. The zero-order chi connectivity index (χ0) is 15.8. The molecule has 0 amide bonds. The minimum atomic E-state index is -3.20. The van der Waals surface area contributed by atoms with Crippen molar-refractivity contribution >= 4 is 21.2 Å². The van der Waals surface area contributed by atoms with Crippen LogP contribution in [0.5, 0.6) is 0 Å². The lowest BCUT2D eigenvalue weighted by molar-refractivity contribution is 0.199. The van der Waals surface area contributed by atoms with Crippen molar-refractivity contribution in [2.45, 2.75) is 38.5 Å². The highest BCUT2D eigenvalue weighted by molar-refractivity contribution is 7.90. The first kappa shape index (κ1) is 16.1. The van der Waals surface area contributed by atoms with E-state index in [1.54, 1.807) is 12.1 Å². The summed E-state index contributed by atoms with van der Waals surface area (Å²) in [6.45, 7) is 8.84. The van der Waals surface area contributed by atoms with E-state index in [0.717, 1.165) is 37.5 Å². The Morgan fingerprint density at radius 3 is 2.19 bits per heavy atom. The maximum atomic E-state index is 11.6. The fourth-order valence-corrected chi connectivity index (χ4v) is 3.69. The Morgan fingerprint density at radius 1 is 1.19 bits per heavy atom. The van der Waals surface area contributed by atoms with Crippen molar-refractivity contribution in [3.63, 3.8) is 0 Å². The zero-order valence-corrected chi connectivity index (χ0v) is 14.2. The number of sulfone groups is 1. The van der Waals surface area contributed by atoms with Gasteiger partial charge in [-0.15, -0.1) is 0 Å². The molecule has 1 fully saturated rings. The van der Waals surface area contributed by atoms with Gasteiger partial charge in [0, 0.05) is 19.3 Å². The van der Waals surface area contributed by atoms with Crippen molar-refractivity contribution in [3.05, 3.63) is 18.2 Å². The van der Waals surface area contributed by atoms with Gasteiger partial charge in [-0.05, 0) is 42.4 Å². The van der Waals surface area contributed by atoms with E-state index < -0.39 is 9.84 Å². The second-order valence-electron chi connectivity index (χ2n) is 7.12. The highest BCUT2D eigenvalue weighted by Crippen LogP contribution is 2.37. The van der Waals surface area contributed by atoms with Gasteiger partial charge in [-0.1, -0.05) is 20.8 Å². The van der Waals surface area contributed by atoms with Gasteiger partial charge in [0.05, 0.1) is 16.3 Å². The highest BCUT2D eigenvalue weighted by Gasteiger charge is 2.29. The topological polar surface area (TPSA) is 63.4 Å². The molecule has 0 aromatic heterocycles. The first-order chi connectivity index (χ1) is 9.59. The molecule has 1 aliphatic rings. The molecule has 0 bridgehead atoms. The molecule has 1 aromatic rings. The van der Waals surface area contributed by atoms with E-state index in [1.165, 1.54) is 6.26 Å². The average molecular weight is 310 g/mol. The number of hydrogen-bond acceptors (Lipinski definition) is 4. The minimum absolute atomic E-state index is 0.285. The second kappa shape index (κ2) is 5.52. The summed E-state index contributed by atoms with van der Waals surface area (Å²) in [7, 11) is -3.20. The molecule has 0 radical (unpaired) electrons. The summed E-state index contributed by atoms with van der Waals surface area (Å²) in [5.74, 6) is 0.727. The van der Waals surface area contributed by atoms with Gasteiger partial charge in [-0.3, -0.25) is 0 Å². The minimum Gasteiger partial charge on any atom is -0.397 e. The van der Waals surface area contributed by atoms with Crippen LogP contribution < -0.4 is 10.6 Å². The van der Waals surface area contributed by atoms with Gasteiger partial charge in [-0.25, -0.2) is 8.42 Å². The number of nitrogens with two attached hydrogens (primary N) is 1. The summed E-state index contributed by atoms with van der Waals surface area (Å²) < 4.78 is 23.1. The van der Waals surface area contributed by atoms with Crippen molar-refractivity contribution in [1.29, 1.82) is 0 Å². The number of benzene rings is 1. The van der Waals surface area contributed by atoms with Crippen LogP contribution in [0.3, 0.4) is 0 Å². The Morgan fingerprint density at radius 2 is 1.76 bits per heavy atom. The zero-order valence-electron chi connectivity index (χ0n) is 13.4. The van der Waals surface area contributed by atoms with Crippen LogP contribution in [-0.2, 0) is 9.84 Å². The van der Waals surface area contributed by atoms with E-state index in [9.17, 15) is 8.42 Å². The number of anilines is 2. The van der Waals surface area contributed by atoms with Crippen molar-refractivity contribution < 1.29 is 8.42 Å². The average Bonchev–Trinajstić information content (AvgIpc) is 2.36. The van der Waals surface area contributed by atoms with Crippen molar-refractivity contribution in [2.24, 2.45) is 11.3 Å². The molecule has 2 rings (SSSR count). The molecule has 0 unspecified atom stereocenters. The monoisotopic (exact) mass is 310 g/mol. The molecule has 1 aromatic carbocycles. The predicted octanol–water partition coefficient (Wildman–Crippen LogP) is 2.93. The van der Waals surface area contributed by atoms with Gasteiger partial charge < -0.3 is 10.6 Å². The van der Waals surface area contributed by atoms with Gasteiger partial charge >= 0.3 is 0 Å². The SMILES string of the molecule is CC(C)(C)C1CCN(c2ccc(S(C)(=O)=O)cc2N)CC1. The van der Waals surface area contributed by atoms with Crippen LogP contribution in [0.2, 0.25) is 0 Å². The Balaban J connectivity index is 2.15. The number of hydrogen-bond donors (Lipinski definition) is 1. The fraction of sp³-hybridized carbons (Fsp3) is 0.625. The highest BCUT2D eigenvalue weighted by atomic mass is 32.2. The normalized spacial score (nSPS) is 18.0. The Kier molecular flexibility index (Phi) is 4.24. The summed E-state index contributed by atoms with van der Waals surface area (Å²) in [5, 5.41) is 0. The fourth-order valence-electron chi connectivity index (χ4n) is 3.04. The standard InChI is InChI=1S/C16H26N2O2S/c1-16(2,3)12-7-9-18(10-8-12)15-6-5-13(11-14(15)17)21(4,19)20/h5-6,11-12H,7-10,17H2,1-4H3. The second-order valence-corrected chi connectivity index (χ2v) is 9.14. The molecule has 0 aliphatic carbocycles. The number of nitrogen functional groups attached to an aromatic ring is 1. The van der Waals surface area contributed by atoms with Gasteiger partial charge in [0.25, 0.3) is 0 Å². The Hall–Kier alpha value is -1.23. The quantitative estimate of drug-likeness (QED) is 0.853. The van der Waals surface area contributed by atoms with E-state index in [-0.39, 0.29) is 4.90 Å². The van der Waals surface area contributed by atoms with Gasteiger partial charge in [0.15, 0.2) is 9.84 Å². The van der Waals surface area contributed by atoms with Gasteiger partial charge in [-0.2, -0.15) is 0 Å². The number of rotatable bonds is 2. The number of nitrogens with zero attached hydrogens (tertiary/aromatic N) is 1. The largest absolute Gasteiger partial charge is 0.397 e. The molecular weight excluding hydrogens is 284 g/mol. The lowest BCUT2D eigenvalue weighted by Gasteiger charge is -2.40. The number of piperidine rings is 1. The third-order valence-electron chi connectivity index (χ3n) is 4.49. The molecule has 4 nitrogen and oxygen atoms in total. The van der Waals surface area contributed by atoms with Gasteiger partial charge in [0.2, 0.25) is 0 Å². The van der Waals surface area contributed by atoms with E-state index in [4.69, 9.17) is 5.73 Å². The van der Waals surface area contributed by atoms with E-state index in [0.29, 0.717) is 11.1 Å². The van der Waals surface area contributed by atoms with E-state index >= 15 is 0 Å². The summed E-state index contributed by atoms with van der Waals surface area (Å²) >= 11 is 0. The summed E-state index contributed by atoms with van der Waals surface area (Å²) in [4.78, 5) is 2.55. The maximum Gasteiger partial charge on any atom is 0.175 e. The summed E-state index contributed by atoms with van der Waals surface area (Å²) in [6, 6.07) is 5.06. The molecule has 1 saturated heterocycles. The molecular formula is C16H26N2O2S. The Bertz CT molecular complexity index is 610. The van der Waals surface area contributed by atoms with E-state index in [1.807, 2.05) is 6.07 Å². The smallest absolute Gasteiger partial charge is 0.175 e. The van der Waals surface area contributed by atoms with Crippen LogP contribution in [0.15, 0.2) is 23.1 Å². The van der Waals surface area contributed by atoms with Crippen LogP contribution in [-0.4, -0.2) is 27.8 Å². The van der Waals surface area contributed by atoms with Crippen LogP contribution in [0.4, 0.5) is 11.4 Å². The lowest BCUT2D eigenvalue weighted by Crippen LogP contribution is -2.38. The third-order valence-corrected chi connectivity index (χ3v) is 5.60. The van der Waals surface area contributed by atoms with Crippen molar-refractivity contribution in [1.82, 2.24) is 0 Å². The van der Waals surface area contributed by atoms with Crippen molar-refractivity contribution in [3.8, 4) is 0 Å². The third kappa shape index (κ3) is 3.70. The molecule has 0 saturated carbocycles. The van der Waals surface area contributed by atoms with Crippen LogP contribution >= 0.6 is 0 Å². The first-order valence-electron chi connectivity index (χ1n) is 7.43. The molecule has 0 atom stereocenters.